The molecule has 0 bridgehead atoms. The SMILES string of the molecule is COC(=O)c1c(NC(=O)C(C)SCc2ccco2)sc2c1CCc1ccccc1-2. The minimum Gasteiger partial charge on any atom is -0.468 e. The third kappa shape index (κ3) is 3.97. The van der Waals surface area contributed by atoms with E-state index in [2.05, 4.69) is 17.4 Å². The van der Waals surface area contributed by atoms with Gasteiger partial charge >= 0.3 is 5.97 Å². The Morgan fingerprint density at radius 3 is 2.83 bits per heavy atom. The predicted octanol–water partition coefficient (Wildman–Crippen LogP) is 5.15. The number of nitrogens with one attached hydrogen (secondary N) is 1. The molecule has 0 saturated carbocycles. The normalized spacial score (nSPS) is 13.3. The lowest BCUT2D eigenvalue weighted by atomic mass is 9.89. The number of anilines is 1. The zero-order valence-corrected chi connectivity index (χ0v) is 17.8. The Kier molecular flexibility index (Phi) is 5.78. The highest BCUT2D eigenvalue weighted by Gasteiger charge is 2.30. The number of thioether (sulfide) groups is 1. The van der Waals surface area contributed by atoms with Gasteiger partial charge in [-0.1, -0.05) is 24.3 Å². The van der Waals surface area contributed by atoms with E-state index in [-0.39, 0.29) is 11.2 Å². The van der Waals surface area contributed by atoms with Crippen molar-refractivity contribution in [2.75, 3.05) is 12.4 Å². The Bertz CT molecular complexity index is 1040. The molecule has 150 valence electrons. The van der Waals surface area contributed by atoms with Crippen molar-refractivity contribution in [3.05, 3.63) is 65.1 Å². The fourth-order valence-electron chi connectivity index (χ4n) is 3.44. The Morgan fingerprint density at radius 1 is 1.24 bits per heavy atom. The molecule has 1 N–H and O–H groups in total. The lowest BCUT2D eigenvalue weighted by molar-refractivity contribution is -0.115. The molecule has 3 aromatic rings. The Labute approximate surface area is 177 Å². The lowest BCUT2D eigenvalue weighted by Crippen LogP contribution is -2.23. The van der Waals surface area contributed by atoms with E-state index in [1.807, 2.05) is 31.2 Å². The molecule has 29 heavy (non-hydrogen) atoms. The summed E-state index contributed by atoms with van der Waals surface area (Å²) in [5, 5.41) is 3.24. The van der Waals surface area contributed by atoms with E-state index in [0.29, 0.717) is 16.3 Å². The van der Waals surface area contributed by atoms with Crippen molar-refractivity contribution < 1.29 is 18.7 Å². The molecule has 1 aliphatic carbocycles. The molecule has 0 aliphatic heterocycles. The number of rotatable bonds is 6. The predicted molar refractivity (Wildman–Crippen MR) is 117 cm³/mol. The lowest BCUT2D eigenvalue weighted by Gasteiger charge is -2.16. The molecular weight excluding hydrogens is 406 g/mol. The Morgan fingerprint density at radius 2 is 2.07 bits per heavy atom. The monoisotopic (exact) mass is 427 g/mol. The van der Waals surface area contributed by atoms with Crippen LogP contribution in [0.5, 0.6) is 0 Å². The van der Waals surface area contributed by atoms with Gasteiger partial charge in [0.1, 0.15) is 10.8 Å². The number of carbonyl (C=O) groups excluding carboxylic acids is 2. The zero-order chi connectivity index (χ0) is 20.4. The van der Waals surface area contributed by atoms with Gasteiger partial charge in [0.25, 0.3) is 0 Å². The maximum Gasteiger partial charge on any atom is 0.341 e. The van der Waals surface area contributed by atoms with Crippen molar-refractivity contribution in [1.29, 1.82) is 0 Å². The van der Waals surface area contributed by atoms with Crippen LogP contribution in [0.15, 0.2) is 47.1 Å². The molecule has 0 spiro atoms. The number of amides is 1. The van der Waals surface area contributed by atoms with Gasteiger partial charge in [-0.15, -0.1) is 23.1 Å². The summed E-state index contributed by atoms with van der Waals surface area (Å²) in [6, 6.07) is 11.9. The quantitative estimate of drug-likeness (QED) is 0.551. The largest absolute Gasteiger partial charge is 0.468 e. The number of furan rings is 1. The molecule has 2 heterocycles. The molecule has 1 aliphatic rings. The molecular formula is C22H21NO4S2. The first-order chi connectivity index (χ1) is 14.1. The number of esters is 1. The second-order valence-corrected chi connectivity index (χ2v) is 9.13. The standard InChI is InChI=1S/C22H21NO4S2/c1-13(28-12-15-7-5-11-27-15)20(24)23-21-18(22(25)26-2)17-10-9-14-6-3-4-8-16(14)19(17)29-21/h3-8,11,13H,9-10,12H2,1-2H3,(H,23,24). The number of methoxy groups -OCH3 is 1. The number of aryl methyl sites for hydroxylation is 1. The zero-order valence-electron chi connectivity index (χ0n) is 16.2. The minimum atomic E-state index is -0.409. The van der Waals surface area contributed by atoms with Crippen LogP contribution in [0.25, 0.3) is 10.4 Å². The number of thiophene rings is 1. The number of hydrogen-bond acceptors (Lipinski definition) is 6. The van der Waals surface area contributed by atoms with E-state index in [1.165, 1.54) is 35.8 Å². The van der Waals surface area contributed by atoms with Crippen molar-refractivity contribution in [3.8, 4) is 10.4 Å². The molecule has 1 atom stereocenters. The summed E-state index contributed by atoms with van der Waals surface area (Å²) in [4.78, 5) is 26.4. The van der Waals surface area contributed by atoms with Crippen molar-refractivity contribution in [1.82, 2.24) is 0 Å². The summed E-state index contributed by atoms with van der Waals surface area (Å²) in [5.74, 6) is 0.888. The van der Waals surface area contributed by atoms with Crippen LogP contribution in [0.3, 0.4) is 0 Å². The van der Waals surface area contributed by atoms with Gasteiger partial charge in [0, 0.05) is 4.88 Å². The molecule has 1 aromatic carbocycles. The van der Waals surface area contributed by atoms with E-state index in [4.69, 9.17) is 9.15 Å². The summed E-state index contributed by atoms with van der Waals surface area (Å²) in [5.41, 5.74) is 3.84. The van der Waals surface area contributed by atoms with Gasteiger partial charge in [-0.3, -0.25) is 4.79 Å². The molecule has 5 nitrogen and oxygen atoms in total. The summed E-state index contributed by atoms with van der Waals surface area (Å²) in [7, 11) is 1.37. The average Bonchev–Trinajstić information content (AvgIpc) is 3.39. The first kappa shape index (κ1) is 19.8. The third-order valence-electron chi connectivity index (χ3n) is 4.96. The van der Waals surface area contributed by atoms with Gasteiger partial charge < -0.3 is 14.5 Å². The molecule has 7 heteroatoms. The average molecular weight is 428 g/mol. The smallest absolute Gasteiger partial charge is 0.341 e. The third-order valence-corrected chi connectivity index (χ3v) is 7.31. The fraction of sp³-hybridized carbons (Fsp3) is 0.273. The molecule has 1 amide bonds. The van der Waals surface area contributed by atoms with Crippen molar-refractivity contribution in [2.45, 2.75) is 30.8 Å². The summed E-state index contributed by atoms with van der Waals surface area (Å²) in [6.45, 7) is 1.85. The van der Waals surface area contributed by atoms with Crippen molar-refractivity contribution in [3.63, 3.8) is 0 Å². The number of carbonyl (C=O) groups is 2. The van der Waals surface area contributed by atoms with Gasteiger partial charge in [-0.25, -0.2) is 4.79 Å². The maximum atomic E-state index is 12.8. The van der Waals surface area contributed by atoms with Gasteiger partial charge in [0.05, 0.1) is 29.9 Å². The Balaban J connectivity index is 1.59. The fourth-order valence-corrected chi connectivity index (χ4v) is 5.53. The number of hydrogen-bond donors (Lipinski definition) is 1. The van der Waals surface area contributed by atoms with E-state index in [9.17, 15) is 9.59 Å². The van der Waals surface area contributed by atoms with Crippen LogP contribution >= 0.6 is 23.1 Å². The highest BCUT2D eigenvalue weighted by atomic mass is 32.2. The second-order valence-electron chi connectivity index (χ2n) is 6.78. The molecule has 1 unspecified atom stereocenters. The number of ether oxygens (including phenoxy) is 1. The van der Waals surface area contributed by atoms with Crippen LogP contribution in [0.2, 0.25) is 0 Å². The first-order valence-corrected chi connectivity index (χ1v) is 11.2. The number of fused-ring (bicyclic) bond motifs is 3. The van der Waals surface area contributed by atoms with Crippen LogP contribution in [0, 0.1) is 0 Å². The second kappa shape index (κ2) is 8.47. The molecule has 4 rings (SSSR count). The summed E-state index contributed by atoms with van der Waals surface area (Å²) >= 11 is 2.94. The molecule has 0 radical (unpaired) electrons. The Hall–Kier alpha value is -2.51. The molecule has 0 fully saturated rings. The van der Waals surface area contributed by atoms with Crippen LogP contribution in [-0.4, -0.2) is 24.2 Å². The van der Waals surface area contributed by atoms with Crippen molar-refractivity contribution >= 4 is 40.0 Å². The van der Waals surface area contributed by atoms with Gasteiger partial charge in [0.15, 0.2) is 0 Å². The van der Waals surface area contributed by atoms with Gasteiger partial charge in [-0.2, -0.15) is 0 Å². The minimum absolute atomic E-state index is 0.140. The maximum absolute atomic E-state index is 12.8. The van der Waals surface area contributed by atoms with Crippen LogP contribution in [0.1, 0.15) is 34.2 Å². The number of benzene rings is 1. The topological polar surface area (TPSA) is 68.5 Å². The van der Waals surface area contributed by atoms with Crippen molar-refractivity contribution in [2.24, 2.45) is 0 Å². The van der Waals surface area contributed by atoms with E-state index in [0.717, 1.165) is 34.6 Å². The summed E-state index contributed by atoms with van der Waals surface area (Å²) < 4.78 is 10.4. The van der Waals surface area contributed by atoms with Gasteiger partial charge in [-0.05, 0) is 48.6 Å². The van der Waals surface area contributed by atoms with Crippen LogP contribution in [0.4, 0.5) is 5.00 Å². The van der Waals surface area contributed by atoms with E-state index >= 15 is 0 Å². The highest BCUT2D eigenvalue weighted by Crippen LogP contribution is 2.45. The summed E-state index contributed by atoms with van der Waals surface area (Å²) in [6.07, 6.45) is 3.25. The van der Waals surface area contributed by atoms with Crippen LogP contribution < -0.4 is 5.32 Å². The van der Waals surface area contributed by atoms with E-state index < -0.39 is 5.97 Å². The molecule has 2 aromatic heterocycles. The highest BCUT2D eigenvalue weighted by molar-refractivity contribution is 7.99. The van der Waals surface area contributed by atoms with Gasteiger partial charge in [0.2, 0.25) is 5.91 Å². The molecule has 0 saturated heterocycles. The van der Waals surface area contributed by atoms with E-state index in [1.54, 1.807) is 6.26 Å². The first-order valence-electron chi connectivity index (χ1n) is 9.35. The van der Waals surface area contributed by atoms with Crippen LogP contribution in [-0.2, 0) is 28.1 Å².